The predicted molar refractivity (Wildman–Crippen MR) is 141 cm³/mol. The van der Waals surface area contributed by atoms with E-state index < -0.39 is 0 Å². The standard InChI is InChI=1S/C30H33FN4O2/c31-28-15-23(7-9-29(28)35-10-12-37-13-11-35)30(36)33-17-25-26-19-34(20-27(25)26)18-24-8-6-22(16-32-24)14-21-4-2-1-3-5-21/h1-9,15-16,25-27H,10-14,17-20H2,(H,33,36). The summed E-state index contributed by atoms with van der Waals surface area (Å²) in [6, 6.07) is 19.6. The number of piperidine rings is 1. The lowest BCUT2D eigenvalue weighted by Gasteiger charge is -2.29. The van der Waals surface area contributed by atoms with Crippen LogP contribution in [0.25, 0.3) is 0 Å². The maximum Gasteiger partial charge on any atom is 0.251 e. The van der Waals surface area contributed by atoms with E-state index in [0.717, 1.165) is 31.7 Å². The Balaban J connectivity index is 0.945. The van der Waals surface area contributed by atoms with E-state index in [2.05, 4.69) is 46.6 Å². The molecular weight excluding hydrogens is 467 g/mol. The predicted octanol–water partition coefficient (Wildman–Crippen LogP) is 3.76. The second-order valence-electron chi connectivity index (χ2n) is 10.5. The molecule has 2 atom stereocenters. The molecule has 1 amide bonds. The molecule has 1 N–H and O–H groups in total. The van der Waals surface area contributed by atoms with E-state index >= 15 is 0 Å². The number of nitrogens with zero attached hydrogens (tertiary/aromatic N) is 3. The van der Waals surface area contributed by atoms with Gasteiger partial charge in [-0.3, -0.25) is 14.7 Å². The lowest BCUT2D eigenvalue weighted by atomic mass is 10.1. The maximum atomic E-state index is 14.7. The zero-order chi connectivity index (χ0) is 25.2. The fraction of sp³-hybridized carbons (Fsp3) is 0.400. The second kappa shape index (κ2) is 10.6. The minimum atomic E-state index is -0.352. The molecule has 3 fully saturated rings. The van der Waals surface area contributed by atoms with Crippen LogP contribution in [0.5, 0.6) is 0 Å². The minimum absolute atomic E-state index is 0.200. The van der Waals surface area contributed by atoms with E-state index in [1.807, 2.05) is 17.2 Å². The number of fused-ring (bicyclic) bond motifs is 1. The molecule has 2 aromatic carbocycles. The van der Waals surface area contributed by atoms with Crippen molar-refractivity contribution >= 4 is 11.6 Å². The number of anilines is 1. The van der Waals surface area contributed by atoms with E-state index in [0.29, 0.717) is 61.9 Å². The molecule has 2 saturated heterocycles. The quantitative estimate of drug-likeness (QED) is 0.511. The molecule has 0 radical (unpaired) electrons. The molecule has 0 spiro atoms. The van der Waals surface area contributed by atoms with Crippen molar-refractivity contribution in [3.63, 3.8) is 0 Å². The first-order chi connectivity index (χ1) is 18.1. The van der Waals surface area contributed by atoms with Crippen molar-refractivity contribution < 1.29 is 13.9 Å². The van der Waals surface area contributed by atoms with Gasteiger partial charge in [-0.1, -0.05) is 36.4 Å². The number of amides is 1. The number of hydrogen-bond acceptors (Lipinski definition) is 5. The topological polar surface area (TPSA) is 57.7 Å². The summed E-state index contributed by atoms with van der Waals surface area (Å²) in [7, 11) is 0. The molecule has 3 aliphatic rings. The van der Waals surface area contributed by atoms with E-state index in [1.165, 1.54) is 17.2 Å². The maximum absolute atomic E-state index is 14.7. The molecule has 7 heteroatoms. The first-order valence-electron chi connectivity index (χ1n) is 13.2. The number of morpholine rings is 1. The number of carbonyl (C=O) groups is 1. The molecule has 2 aliphatic heterocycles. The number of benzene rings is 2. The fourth-order valence-corrected chi connectivity index (χ4v) is 5.90. The number of rotatable bonds is 8. The monoisotopic (exact) mass is 500 g/mol. The Kier molecular flexibility index (Phi) is 6.89. The Morgan fingerprint density at radius 2 is 1.78 bits per heavy atom. The van der Waals surface area contributed by atoms with E-state index in [-0.39, 0.29) is 11.7 Å². The molecule has 2 unspecified atom stereocenters. The zero-order valence-electron chi connectivity index (χ0n) is 21.0. The Morgan fingerprint density at radius 3 is 2.49 bits per heavy atom. The van der Waals surface area contributed by atoms with Crippen LogP contribution in [0.15, 0.2) is 66.9 Å². The summed E-state index contributed by atoms with van der Waals surface area (Å²) >= 11 is 0. The molecule has 3 aromatic rings. The Labute approximate surface area is 217 Å². The van der Waals surface area contributed by atoms with Gasteiger partial charge >= 0.3 is 0 Å². The Morgan fingerprint density at radius 1 is 1.00 bits per heavy atom. The van der Waals surface area contributed by atoms with E-state index in [1.54, 1.807) is 12.1 Å². The van der Waals surface area contributed by atoms with Crippen molar-refractivity contribution in [1.82, 2.24) is 15.2 Å². The lowest BCUT2D eigenvalue weighted by Crippen LogP contribution is -2.36. The molecule has 1 aromatic heterocycles. The summed E-state index contributed by atoms with van der Waals surface area (Å²) in [5.41, 5.74) is 4.54. The van der Waals surface area contributed by atoms with Crippen molar-refractivity contribution in [2.75, 3.05) is 50.8 Å². The van der Waals surface area contributed by atoms with Gasteiger partial charge in [-0.2, -0.15) is 0 Å². The third-order valence-electron chi connectivity index (χ3n) is 8.03. The molecule has 1 saturated carbocycles. The first kappa shape index (κ1) is 24.1. The van der Waals surface area contributed by atoms with Gasteiger partial charge in [0, 0.05) is 51.0 Å². The van der Waals surface area contributed by atoms with Crippen LogP contribution in [-0.4, -0.2) is 61.7 Å². The number of aromatic nitrogens is 1. The zero-order valence-corrected chi connectivity index (χ0v) is 21.0. The van der Waals surface area contributed by atoms with Crippen LogP contribution >= 0.6 is 0 Å². The van der Waals surface area contributed by atoms with Gasteiger partial charge in [-0.15, -0.1) is 0 Å². The summed E-state index contributed by atoms with van der Waals surface area (Å²) in [6.07, 6.45) is 2.90. The van der Waals surface area contributed by atoms with Crippen LogP contribution < -0.4 is 10.2 Å². The lowest BCUT2D eigenvalue weighted by molar-refractivity contribution is 0.0948. The van der Waals surface area contributed by atoms with Crippen LogP contribution in [0.2, 0.25) is 0 Å². The van der Waals surface area contributed by atoms with Crippen LogP contribution in [0, 0.1) is 23.6 Å². The van der Waals surface area contributed by atoms with Gasteiger partial charge in [0.1, 0.15) is 5.82 Å². The molecule has 6 rings (SSSR count). The molecule has 6 nitrogen and oxygen atoms in total. The smallest absolute Gasteiger partial charge is 0.251 e. The number of ether oxygens (including phenoxy) is 1. The Bertz CT molecular complexity index is 1220. The van der Waals surface area contributed by atoms with Gasteiger partial charge in [-0.25, -0.2) is 4.39 Å². The highest BCUT2D eigenvalue weighted by Crippen LogP contribution is 2.51. The second-order valence-corrected chi connectivity index (χ2v) is 10.5. The van der Waals surface area contributed by atoms with Crippen LogP contribution in [-0.2, 0) is 17.7 Å². The summed E-state index contributed by atoms with van der Waals surface area (Å²) in [6.45, 7) is 6.14. The summed E-state index contributed by atoms with van der Waals surface area (Å²) in [5, 5.41) is 3.04. The summed E-state index contributed by atoms with van der Waals surface area (Å²) in [5.74, 6) is 1.21. The van der Waals surface area contributed by atoms with Crippen molar-refractivity contribution in [2.45, 2.75) is 13.0 Å². The van der Waals surface area contributed by atoms with E-state index in [4.69, 9.17) is 9.72 Å². The molecule has 3 heterocycles. The van der Waals surface area contributed by atoms with E-state index in [9.17, 15) is 9.18 Å². The SMILES string of the molecule is O=C(NCC1C2CN(Cc3ccc(Cc4ccccc4)cn3)CC12)c1ccc(N2CCOCC2)c(F)c1. The number of halogens is 1. The van der Waals surface area contributed by atoms with Gasteiger partial charge < -0.3 is 15.0 Å². The number of hydrogen-bond donors (Lipinski definition) is 1. The van der Waals surface area contributed by atoms with Gasteiger partial charge in [0.15, 0.2) is 0 Å². The van der Waals surface area contributed by atoms with Crippen LogP contribution in [0.1, 0.15) is 27.2 Å². The number of pyridine rings is 1. The average molecular weight is 501 g/mol. The molecule has 0 bridgehead atoms. The number of likely N-dealkylation sites (tertiary alicyclic amines) is 1. The van der Waals surface area contributed by atoms with Crippen molar-refractivity contribution in [2.24, 2.45) is 17.8 Å². The highest BCUT2D eigenvalue weighted by Gasteiger charge is 2.55. The summed E-state index contributed by atoms with van der Waals surface area (Å²) in [4.78, 5) is 21.8. The highest BCUT2D eigenvalue weighted by atomic mass is 19.1. The Hall–Kier alpha value is -3.29. The van der Waals surface area contributed by atoms with Gasteiger partial charge in [0.2, 0.25) is 0 Å². The van der Waals surface area contributed by atoms with Crippen LogP contribution in [0.3, 0.4) is 0 Å². The van der Waals surface area contributed by atoms with Gasteiger partial charge in [0.05, 0.1) is 24.6 Å². The van der Waals surface area contributed by atoms with Crippen molar-refractivity contribution in [1.29, 1.82) is 0 Å². The van der Waals surface area contributed by atoms with Crippen molar-refractivity contribution in [3.8, 4) is 0 Å². The number of carbonyl (C=O) groups excluding carboxylic acids is 1. The summed E-state index contributed by atoms with van der Waals surface area (Å²) < 4.78 is 20.0. The van der Waals surface area contributed by atoms with Crippen LogP contribution in [0.4, 0.5) is 10.1 Å². The third kappa shape index (κ3) is 5.53. The first-order valence-corrected chi connectivity index (χ1v) is 13.2. The van der Waals surface area contributed by atoms with Crippen molar-refractivity contribution in [3.05, 3.63) is 95.1 Å². The average Bonchev–Trinajstić information content (AvgIpc) is 3.39. The fourth-order valence-electron chi connectivity index (χ4n) is 5.90. The minimum Gasteiger partial charge on any atom is -0.378 e. The normalized spacial score (nSPS) is 23.1. The molecule has 1 aliphatic carbocycles. The molecule has 37 heavy (non-hydrogen) atoms. The number of nitrogens with one attached hydrogen (secondary N) is 1. The largest absolute Gasteiger partial charge is 0.378 e. The molecule has 192 valence electrons. The van der Waals surface area contributed by atoms with Gasteiger partial charge in [0.25, 0.3) is 5.91 Å². The highest BCUT2D eigenvalue weighted by molar-refractivity contribution is 5.94. The third-order valence-corrected chi connectivity index (χ3v) is 8.03. The molecular formula is C30H33FN4O2. The van der Waals surface area contributed by atoms with Gasteiger partial charge in [-0.05, 0) is 59.6 Å².